The first kappa shape index (κ1) is 10.1. The molecule has 0 bridgehead atoms. The van der Waals surface area contributed by atoms with Crippen molar-refractivity contribution in [3.63, 3.8) is 0 Å². The SMILES string of the molecule is Cn1nccc1CNC(=O)CCCl. The first-order valence-corrected chi connectivity index (χ1v) is 4.57. The average molecular weight is 202 g/mol. The van der Waals surface area contributed by atoms with E-state index in [9.17, 15) is 4.79 Å². The molecular formula is C8H12ClN3O. The Morgan fingerprint density at radius 2 is 2.54 bits per heavy atom. The number of rotatable bonds is 4. The molecule has 1 heterocycles. The van der Waals surface area contributed by atoms with Gasteiger partial charge in [-0.3, -0.25) is 9.48 Å². The van der Waals surface area contributed by atoms with E-state index in [4.69, 9.17) is 11.6 Å². The van der Waals surface area contributed by atoms with Crippen LogP contribution in [0.1, 0.15) is 12.1 Å². The molecule has 1 N–H and O–H groups in total. The van der Waals surface area contributed by atoms with Crippen LogP contribution in [0, 0.1) is 0 Å². The summed E-state index contributed by atoms with van der Waals surface area (Å²) in [7, 11) is 1.84. The number of carbonyl (C=O) groups excluding carboxylic acids is 1. The maximum atomic E-state index is 11.0. The van der Waals surface area contributed by atoms with Crippen LogP contribution in [0.3, 0.4) is 0 Å². The summed E-state index contributed by atoms with van der Waals surface area (Å²) in [6, 6.07) is 1.86. The Morgan fingerprint density at radius 3 is 3.08 bits per heavy atom. The van der Waals surface area contributed by atoms with Crippen molar-refractivity contribution in [1.82, 2.24) is 15.1 Å². The van der Waals surface area contributed by atoms with Crippen molar-refractivity contribution < 1.29 is 4.79 Å². The molecule has 1 rings (SSSR count). The zero-order valence-corrected chi connectivity index (χ0v) is 8.21. The molecule has 0 aliphatic heterocycles. The number of halogens is 1. The Kier molecular flexibility index (Phi) is 3.76. The molecule has 72 valence electrons. The van der Waals surface area contributed by atoms with Crippen LogP contribution in [-0.2, 0) is 18.4 Å². The number of nitrogens with one attached hydrogen (secondary N) is 1. The number of aromatic nitrogens is 2. The van der Waals surface area contributed by atoms with Gasteiger partial charge in [0.1, 0.15) is 0 Å². The third-order valence-electron chi connectivity index (χ3n) is 1.71. The number of alkyl halides is 1. The lowest BCUT2D eigenvalue weighted by Gasteiger charge is -2.03. The van der Waals surface area contributed by atoms with Gasteiger partial charge in [-0.2, -0.15) is 5.10 Å². The second kappa shape index (κ2) is 4.87. The number of hydrogen-bond donors (Lipinski definition) is 1. The molecule has 13 heavy (non-hydrogen) atoms. The normalized spacial score (nSPS) is 10.0. The van der Waals surface area contributed by atoms with Crippen LogP contribution >= 0.6 is 11.6 Å². The maximum absolute atomic E-state index is 11.0. The summed E-state index contributed by atoms with van der Waals surface area (Å²) in [6.07, 6.45) is 2.06. The van der Waals surface area contributed by atoms with E-state index in [1.165, 1.54) is 0 Å². The van der Waals surface area contributed by atoms with E-state index in [-0.39, 0.29) is 5.91 Å². The average Bonchev–Trinajstić information content (AvgIpc) is 2.48. The summed E-state index contributed by atoms with van der Waals surface area (Å²) >= 11 is 5.41. The van der Waals surface area contributed by atoms with E-state index in [1.807, 2.05) is 13.1 Å². The van der Waals surface area contributed by atoms with E-state index in [0.29, 0.717) is 18.8 Å². The lowest BCUT2D eigenvalue weighted by molar-refractivity contribution is -0.120. The molecule has 0 atom stereocenters. The lowest BCUT2D eigenvalue weighted by atomic mass is 10.4. The molecule has 0 radical (unpaired) electrons. The van der Waals surface area contributed by atoms with E-state index in [1.54, 1.807) is 10.9 Å². The van der Waals surface area contributed by atoms with Gasteiger partial charge in [-0.1, -0.05) is 0 Å². The van der Waals surface area contributed by atoms with Crippen LogP contribution in [0.15, 0.2) is 12.3 Å². The molecule has 1 amide bonds. The zero-order valence-electron chi connectivity index (χ0n) is 7.46. The minimum absolute atomic E-state index is 0.0313. The van der Waals surface area contributed by atoms with Crippen LogP contribution in [-0.4, -0.2) is 21.6 Å². The minimum Gasteiger partial charge on any atom is -0.350 e. The summed E-state index contributed by atoms with van der Waals surface area (Å²) in [6.45, 7) is 0.506. The van der Waals surface area contributed by atoms with Gasteiger partial charge in [0, 0.05) is 25.5 Å². The van der Waals surface area contributed by atoms with Gasteiger partial charge in [0.2, 0.25) is 5.91 Å². The van der Waals surface area contributed by atoms with Crippen molar-refractivity contribution in [2.75, 3.05) is 5.88 Å². The van der Waals surface area contributed by atoms with Gasteiger partial charge in [0.05, 0.1) is 12.2 Å². The van der Waals surface area contributed by atoms with Crippen molar-refractivity contribution in [3.05, 3.63) is 18.0 Å². The Hall–Kier alpha value is -1.03. The molecule has 0 saturated carbocycles. The van der Waals surface area contributed by atoms with Crippen LogP contribution in [0.25, 0.3) is 0 Å². The van der Waals surface area contributed by atoms with Crippen LogP contribution in [0.5, 0.6) is 0 Å². The summed E-state index contributed by atoms with van der Waals surface area (Å²) in [5, 5.41) is 6.72. The highest BCUT2D eigenvalue weighted by molar-refractivity contribution is 6.18. The smallest absolute Gasteiger partial charge is 0.221 e. The molecule has 1 aromatic rings. The topological polar surface area (TPSA) is 46.9 Å². The molecule has 0 unspecified atom stereocenters. The first-order chi connectivity index (χ1) is 6.24. The Bertz CT molecular complexity index is 285. The molecule has 4 nitrogen and oxygen atoms in total. The van der Waals surface area contributed by atoms with Gasteiger partial charge in [-0.05, 0) is 6.07 Å². The van der Waals surface area contributed by atoms with Crippen molar-refractivity contribution >= 4 is 17.5 Å². The molecule has 0 spiro atoms. The minimum atomic E-state index is -0.0313. The highest BCUT2D eigenvalue weighted by atomic mass is 35.5. The number of aryl methyl sites for hydroxylation is 1. The van der Waals surface area contributed by atoms with Crippen molar-refractivity contribution in [2.24, 2.45) is 7.05 Å². The molecule has 0 aliphatic rings. The molecule has 0 saturated heterocycles. The van der Waals surface area contributed by atoms with Crippen LogP contribution < -0.4 is 5.32 Å². The Balaban J connectivity index is 2.35. The van der Waals surface area contributed by atoms with E-state index in [2.05, 4.69) is 10.4 Å². The maximum Gasteiger partial charge on any atom is 0.221 e. The fourth-order valence-corrected chi connectivity index (χ4v) is 1.11. The van der Waals surface area contributed by atoms with Gasteiger partial charge >= 0.3 is 0 Å². The molecule has 1 aromatic heterocycles. The Morgan fingerprint density at radius 1 is 1.77 bits per heavy atom. The largest absolute Gasteiger partial charge is 0.350 e. The Labute approximate surface area is 81.9 Å². The van der Waals surface area contributed by atoms with Gasteiger partial charge in [-0.25, -0.2) is 0 Å². The second-order valence-electron chi connectivity index (χ2n) is 2.66. The highest BCUT2D eigenvalue weighted by Crippen LogP contribution is 1.95. The third-order valence-corrected chi connectivity index (χ3v) is 1.90. The molecule has 0 aliphatic carbocycles. The van der Waals surface area contributed by atoms with Crippen LogP contribution in [0.4, 0.5) is 0 Å². The first-order valence-electron chi connectivity index (χ1n) is 4.03. The van der Waals surface area contributed by atoms with E-state index in [0.717, 1.165) is 5.69 Å². The number of hydrogen-bond acceptors (Lipinski definition) is 2. The fraction of sp³-hybridized carbons (Fsp3) is 0.500. The molecule has 0 fully saturated rings. The summed E-state index contributed by atoms with van der Waals surface area (Å²) in [5.41, 5.74) is 0.975. The standard InChI is InChI=1S/C8H12ClN3O/c1-12-7(3-5-11-12)6-10-8(13)2-4-9/h3,5H,2,4,6H2,1H3,(H,10,13). The molecule has 5 heteroatoms. The number of nitrogens with zero attached hydrogens (tertiary/aromatic N) is 2. The summed E-state index contributed by atoms with van der Waals surface area (Å²) < 4.78 is 1.72. The van der Waals surface area contributed by atoms with Gasteiger partial charge < -0.3 is 5.32 Å². The van der Waals surface area contributed by atoms with E-state index < -0.39 is 0 Å². The van der Waals surface area contributed by atoms with Gasteiger partial charge in [0.25, 0.3) is 0 Å². The number of amides is 1. The lowest BCUT2D eigenvalue weighted by Crippen LogP contribution is -2.23. The number of carbonyl (C=O) groups is 1. The van der Waals surface area contributed by atoms with Crippen LogP contribution in [0.2, 0.25) is 0 Å². The quantitative estimate of drug-likeness (QED) is 0.728. The zero-order chi connectivity index (χ0) is 9.68. The second-order valence-corrected chi connectivity index (χ2v) is 3.04. The summed E-state index contributed by atoms with van der Waals surface area (Å²) in [4.78, 5) is 11.0. The predicted molar refractivity (Wildman–Crippen MR) is 50.4 cm³/mol. The highest BCUT2D eigenvalue weighted by Gasteiger charge is 2.01. The molecular weight excluding hydrogens is 190 g/mol. The molecule has 0 aromatic carbocycles. The fourth-order valence-electron chi connectivity index (χ4n) is 0.938. The van der Waals surface area contributed by atoms with Gasteiger partial charge in [-0.15, -0.1) is 11.6 Å². The third kappa shape index (κ3) is 3.06. The van der Waals surface area contributed by atoms with E-state index >= 15 is 0 Å². The van der Waals surface area contributed by atoms with Crippen molar-refractivity contribution in [1.29, 1.82) is 0 Å². The van der Waals surface area contributed by atoms with Crippen molar-refractivity contribution in [3.8, 4) is 0 Å². The van der Waals surface area contributed by atoms with Gasteiger partial charge in [0.15, 0.2) is 0 Å². The summed E-state index contributed by atoms with van der Waals surface area (Å²) in [5.74, 6) is 0.327. The monoisotopic (exact) mass is 201 g/mol. The van der Waals surface area contributed by atoms with Crippen molar-refractivity contribution in [2.45, 2.75) is 13.0 Å². The predicted octanol–water partition coefficient (Wildman–Crippen LogP) is 0.665.